The molecule has 5 nitrogen and oxygen atoms in total. The Morgan fingerprint density at radius 1 is 1.29 bits per heavy atom. The number of hydrogen-bond donors (Lipinski definition) is 2. The highest BCUT2D eigenvalue weighted by Crippen LogP contribution is 2.35. The smallest absolute Gasteiger partial charge is 0.181 e. The summed E-state index contributed by atoms with van der Waals surface area (Å²) in [5, 5.41) is 9.93. The maximum atomic E-state index is 12.0. The maximum Gasteiger partial charge on any atom is 0.181 e. The lowest BCUT2D eigenvalue weighted by molar-refractivity contribution is -0.825. The second kappa shape index (κ2) is 6.65. The van der Waals surface area contributed by atoms with Gasteiger partial charge in [0.1, 0.15) is 11.4 Å². The van der Waals surface area contributed by atoms with Gasteiger partial charge in [-0.15, -0.1) is 0 Å². The van der Waals surface area contributed by atoms with Gasteiger partial charge in [0.05, 0.1) is 12.6 Å². The highest BCUT2D eigenvalue weighted by molar-refractivity contribution is 6.01. The van der Waals surface area contributed by atoms with Crippen molar-refractivity contribution in [2.75, 3.05) is 7.11 Å². The predicted octanol–water partition coefficient (Wildman–Crippen LogP) is 2.37. The van der Waals surface area contributed by atoms with Crippen LogP contribution < -0.4 is 10.2 Å². The minimum atomic E-state index is 0.0826. The Balaban J connectivity index is 0.000000774. The lowest BCUT2D eigenvalue weighted by atomic mass is 9.92. The molecule has 0 fully saturated rings. The first-order valence-electron chi connectivity index (χ1n) is 7.26. The molecule has 0 saturated heterocycles. The van der Waals surface area contributed by atoms with Gasteiger partial charge in [-0.1, -0.05) is 13.8 Å². The minimum absolute atomic E-state index is 0.0826. The zero-order valence-corrected chi connectivity index (χ0v) is 12.6. The normalized spacial score (nSPS) is 13.4. The number of benzene rings is 1. The van der Waals surface area contributed by atoms with Crippen molar-refractivity contribution in [2.45, 2.75) is 33.1 Å². The molecule has 0 aliphatic heterocycles. The number of methoxy groups -OCH3 is 1. The first-order chi connectivity index (χ1) is 10.2. The largest absolute Gasteiger partial charge is 0.496 e. The summed E-state index contributed by atoms with van der Waals surface area (Å²) in [5.74, 6) is 0.788. The van der Waals surface area contributed by atoms with E-state index < -0.39 is 0 Å². The Labute approximate surface area is 123 Å². The van der Waals surface area contributed by atoms with E-state index in [-0.39, 0.29) is 5.78 Å². The van der Waals surface area contributed by atoms with Crippen LogP contribution >= 0.6 is 0 Å². The summed E-state index contributed by atoms with van der Waals surface area (Å²) in [6.07, 6.45) is 2.19. The highest BCUT2D eigenvalue weighted by Gasteiger charge is 2.24. The lowest BCUT2D eigenvalue weighted by Crippen LogP contribution is -2.73. The van der Waals surface area contributed by atoms with Crippen molar-refractivity contribution >= 4 is 22.4 Å². The van der Waals surface area contributed by atoms with Gasteiger partial charge in [-0.05, 0) is 18.9 Å². The average molecular weight is 289 g/mol. The molecule has 0 atom stereocenters. The quantitative estimate of drug-likeness (QED) is 0.657. The minimum Gasteiger partial charge on any atom is -0.496 e. The Bertz CT molecular complexity index is 668. The van der Waals surface area contributed by atoms with Gasteiger partial charge in [-0.25, -0.2) is 10.2 Å². The second-order valence-electron chi connectivity index (χ2n) is 4.65. The molecule has 3 N–H and O–H groups in total. The molecule has 1 aromatic heterocycles. The van der Waals surface area contributed by atoms with E-state index in [2.05, 4.69) is 4.98 Å². The molecule has 21 heavy (non-hydrogen) atoms. The third-order valence-corrected chi connectivity index (χ3v) is 3.51. The molecule has 0 spiro atoms. The predicted molar refractivity (Wildman–Crippen MR) is 80.3 cm³/mol. The molecule has 0 unspecified atom stereocenters. The number of nitrogens with zero attached hydrogens (tertiary/aromatic N) is 1. The maximum absolute atomic E-state index is 12.0. The number of ketones is 1. The molecular weight excluding hydrogens is 268 g/mol. The lowest BCUT2D eigenvalue weighted by Gasteiger charge is -2.18. The van der Waals surface area contributed by atoms with E-state index in [0.29, 0.717) is 23.6 Å². The van der Waals surface area contributed by atoms with Gasteiger partial charge in [0, 0.05) is 29.5 Å². The first kappa shape index (κ1) is 15.4. The molecule has 1 aliphatic rings. The fourth-order valence-corrected chi connectivity index (χ4v) is 2.61. The van der Waals surface area contributed by atoms with E-state index in [1.54, 1.807) is 19.2 Å². The molecule has 1 aromatic carbocycles. The monoisotopic (exact) mass is 289 g/mol. The molecule has 5 heteroatoms. The van der Waals surface area contributed by atoms with Gasteiger partial charge in [0.25, 0.3) is 0 Å². The van der Waals surface area contributed by atoms with Gasteiger partial charge in [0.15, 0.2) is 11.5 Å². The molecule has 0 amide bonds. The topological polar surface area (TPSA) is 76.0 Å². The van der Waals surface area contributed by atoms with E-state index in [4.69, 9.17) is 9.94 Å². The first-order valence-corrected chi connectivity index (χ1v) is 7.26. The van der Waals surface area contributed by atoms with Crippen molar-refractivity contribution in [1.29, 1.82) is 0 Å². The Hall–Kier alpha value is -1.98. The SMILES string of the molecule is CC.COc1c2c(nc3ccc([NH2+]O)cc13)C(=O)CCC2. The standard InChI is InChI=1S/C14H14N2O3.C2H6/c1-19-14-9-3-2-4-12(17)13(9)15-11-6-5-8(16-18)7-10(11)14;1-2/h5-7,16,18H,2-4H2,1H3;1-2H3/p+1. The summed E-state index contributed by atoms with van der Waals surface area (Å²) in [5.41, 5.74) is 3.88. The van der Waals surface area contributed by atoms with Crippen molar-refractivity contribution in [3.63, 3.8) is 0 Å². The molecule has 2 aromatic rings. The van der Waals surface area contributed by atoms with Crippen LogP contribution in [-0.2, 0) is 6.42 Å². The number of Topliss-reactive ketones (excluding diaryl/α,β-unsaturated/α-hetero) is 1. The molecule has 1 aliphatic carbocycles. The summed E-state index contributed by atoms with van der Waals surface area (Å²) in [6.45, 7) is 4.00. The fourth-order valence-electron chi connectivity index (χ4n) is 2.61. The number of carbonyl (C=O) groups excluding carboxylic acids is 1. The number of carbonyl (C=O) groups is 1. The van der Waals surface area contributed by atoms with Crippen molar-refractivity contribution in [1.82, 2.24) is 4.98 Å². The van der Waals surface area contributed by atoms with Crippen LogP contribution in [0.15, 0.2) is 18.2 Å². The van der Waals surface area contributed by atoms with Gasteiger partial charge >= 0.3 is 0 Å². The third-order valence-electron chi connectivity index (χ3n) is 3.51. The highest BCUT2D eigenvalue weighted by atomic mass is 16.5. The van der Waals surface area contributed by atoms with Crippen LogP contribution in [-0.4, -0.2) is 23.1 Å². The number of pyridine rings is 1. The van der Waals surface area contributed by atoms with Gasteiger partial charge in [-0.3, -0.25) is 4.79 Å². The van der Waals surface area contributed by atoms with Crippen LogP contribution in [0.25, 0.3) is 10.9 Å². The van der Waals surface area contributed by atoms with Crippen LogP contribution in [0.3, 0.4) is 0 Å². The van der Waals surface area contributed by atoms with Crippen LogP contribution in [0, 0.1) is 0 Å². The molecule has 0 saturated carbocycles. The third kappa shape index (κ3) is 2.75. The van der Waals surface area contributed by atoms with Crippen molar-refractivity contribution in [2.24, 2.45) is 0 Å². The zero-order chi connectivity index (χ0) is 15.4. The fraction of sp³-hybridized carbons (Fsp3) is 0.375. The van der Waals surface area contributed by atoms with Gasteiger partial charge in [0.2, 0.25) is 0 Å². The molecule has 3 rings (SSSR count). The summed E-state index contributed by atoms with van der Waals surface area (Å²) >= 11 is 0. The number of nitrogens with two attached hydrogens (primary N) is 1. The number of rotatable bonds is 2. The van der Waals surface area contributed by atoms with Crippen LogP contribution in [0.1, 0.15) is 42.7 Å². The Morgan fingerprint density at radius 3 is 2.71 bits per heavy atom. The van der Waals surface area contributed by atoms with Crippen molar-refractivity contribution < 1.29 is 20.2 Å². The van der Waals surface area contributed by atoms with Gasteiger partial charge in [-0.2, -0.15) is 5.48 Å². The number of ether oxygens (including phenoxy) is 1. The molecular formula is C16H21N2O3+. The van der Waals surface area contributed by atoms with Crippen LogP contribution in [0.5, 0.6) is 5.75 Å². The molecule has 112 valence electrons. The van der Waals surface area contributed by atoms with E-state index in [0.717, 1.165) is 34.8 Å². The number of aromatic nitrogens is 1. The Kier molecular flexibility index (Phi) is 4.88. The molecule has 0 bridgehead atoms. The number of fused-ring (bicyclic) bond motifs is 2. The van der Waals surface area contributed by atoms with E-state index in [9.17, 15) is 4.79 Å². The van der Waals surface area contributed by atoms with E-state index in [1.165, 1.54) is 0 Å². The van der Waals surface area contributed by atoms with Crippen LogP contribution in [0.2, 0.25) is 0 Å². The van der Waals surface area contributed by atoms with Crippen molar-refractivity contribution in [3.05, 3.63) is 29.5 Å². The molecule has 1 heterocycles. The summed E-state index contributed by atoms with van der Waals surface area (Å²) in [6, 6.07) is 5.37. The van der Waals surface area contributed by atoms with Gasteiger partial charge < -0.3 is 4.74 Å². The zero-order valence-electron chi connectivity index (χ0n) is 12.6. The van der Waals surface area contributed by atoms with Crippen molar-refractivity contribution in [3.8, 4) is 5.75 Å². The summed E-state index contributed by atoms with van der Waals surface area (Å²) < 4.78 is 5.49. The van der Waals surface area contributed by atoms with E-state index >= 15 is 0 Å². The summed E-state index contributed by atoms with van der Waals surface area (Å²) in [7, 11) is 1.60. The second-order valence-corrected chi connectivity index (χ2v) is 4.65. The molecule has 0 radical (unpaired) electrons. The average Bonchev–Trinajstić information content (AvgIpc) is 2.55. The number of hydrogen-bond acceptors (Lipinski definition) is 4. The van der Waals surface area contributed by atoms with Crippen LogP contribution in [0.4, 0.5) is 5.69 Å². The number of quaternary nitrogens is 1. The Morgan fingerprint density at radius 2 is 2.05 bits per heavy atom. The summed E-state index contributed by atoms with van der Waals surface area (Å²) in [4.78, 5) is 16.4. The van der Waals surface area contributed by atoms with E-state index in [1.807, 2.05) is 19.9 Å².